The van der Waals surface area contributed by atoms with E-state index in [9.17, 15) is 0 Å². The van der Waals surface area contributed by atoms with Crippen LogP contribution < -0.4 is 0 Å². The van der Waals surface area contributed by atoms with E-state index in [0.717, 1.165) is 54.0 Å². The molecule has 5 nitrogen and oxygen atoms in total. The lowest BCUT2D eigenvalue weighted by Gasteiger charge is -2.35. The maximum Gasteiger partial charge on any atom is 0.207 e. The first-order chi connectivity index (χ1) is 10.7. The van der Waals surface area contributed by atoms with E-state index in [1.165, 1.54) is 5.69 Å². The molecule has 0 aromatic carbocycles. The van der Waals surface area contributed by atoms with Gasteiger partial charge in [-0.15, -0.1) is 5.10 Å². The number of aromatic nitrogens is 3. The van der Waals surface area contributed by atoms with E-state index in [0.29, 0.717) is 5.92 Å². The number of rotatable bonds is 2. The molecule has 2 fully saturated rings. The summed E-state index contributed by atoms with van der Waals surface area (Å²) in [6.07, 6.45) is 7.94. The van der Waals surface area contributed by atoms with Crippen molar-refractivity contribution in [1.29, 1.82) is 0 Å². The summed E-state index contributed by atoms with van der Waals surface area (Å²) in [5, 5.41) is 5.45. The van der Waals surface area contributed by atoms with Gasteiger partial charge in [-0.05, 0) is 41.1 Å². The molecule has 1 aliphatic heterocycles. The molecule has 0 N–H and O–H groups in total. The first-order valence-corrected chi connectivity index (χ1v) is 9.59. The third kappa shape index (κ3) is 2.48. The quantitative estimate of drug-likeness (QED) is 0.741. The van der Waals surface area contributed by atoms with Crippen molar-refractivity contribution in [2.24, 2.45) is 0 Å². The van der Waals surface area contributed by atoms with Crippen LogP contribution in [0.25, 0.3) is 5.52 Å². The van der Waals surface area contributed by atoms with Crippen LogP contribution in [0.1, 0.15) is 37.3 Å². The van der Waals surface area contributed by atoms with Crippen LogP contribution in [0.3, 0.4) is 0 Å². The number of halogens is 1. The van der Waals surface area contributed by atoms with Crippen LogP contribution in [0.2, 0.25) is 0 Å². The number of hydrogen-bond donors (Lipinski definition) is 0. The lowest BCUT2D eigenvalue weighted by atomic mass is 9.83. The summed E-state index contributed by atoms with van der Waals surface area (Å²) in [7, 11) is 0. The SMILES string of the molecule is CSc1ncc2c(Br)cc(C3CCC4(CC3)OCCO4)n2n1. The topological polar surface area (TPSA) is 48.7 Å². The number of ether oxygens (including phenoxy) is 2. The summed E-state index contributed by atoms with van der Waals surface area (Å²) >= 11 is 5.20. The Hall–Kier alpha value is -0.630. The third-order valence-electron chi connectivity index (χ3n) is 4.64. The predicted octanol–water partition coefficient (Wildman–Crippen LogP) is 3.61. The van der Waals surface area contributed by atoms with E-state index >= 15 is 0 Å². The van der Waals surface area contributed by atoms with Crippen LogP contribution >= 0.6 is 27.7 Å². The first kappa shape index (κ1) is 14.9. The molecule has 3 heterocycles. The second kappa shape index (κ2) is 5.78. The van der Waals surface area contributed by atoms with Gasteiger partial charge in [-0.25, -0.2) is 9.50 Å². The van der Waals surface area contributed by atoms with Crippen molar-refractivity contribution < 1.29 is 9.47 Å². The Balaban J connectivity index is 1.64. The molecule has 0 amide bonds. The molecular weight excluding hydrogens is 366 g/mol. The number of fused-ring (bicyclic) bond motifs is 1. The molecule has 0 bridgehead atoms. The molecule has 2 aromatic heterocycles. The largest absolute Gasteiger partial charge is 0.348 e. The molecule has 7 heteroatoms. The number of hydrogen-bond acceptors (Lipinski definition) is 5. The molecule has 118 valence electrons. The minimum atomic E-state index is -0.305. The van der Waals surface area contributed by atoms with Crippen molar-refractivity contribution in [1.82, 2.24) is 14.6 Å². The molecular formula is C15H18BrN3O2S. The fourth-order valence-corrected chi connectivity index (χ4v) is 4.31. The molecule has 0 unspecified atom stereocenters. The van der Waals surface area contributed by atoms with E-state index in [1.807, 2.05) is 17.0 Å². The summed E-state index contributed by atoms with van der Waals surface area (Å²) in [4.78, 5) is 4.36. The minimum absolute atomic E-state index is 0.305. The summed E-state index contributed by atoms with van der Waals surface area (Å²) < 4.78 is 14.8. The van der Waals surface area contributed by atoms with Crippen molar-refractivity contribution in [2.45, 2.75) is 42.5 Å². The third-order valence-corrected chi connectivity index (χ3v) is 5.82. The van der Waals surface area contributed by atoms with Gasteiger partial charge in [0.05, 0.1) is 24.9 Å². The normalized spacial score (nSPS) is 21.9. The Labute approximate surface area is 141 Å². The lowest BCUT2D eigenvalue weighted by molar-refractivity contribution is -0.179. The zero-order valence-corrected chi connectivity index (χ0v) is 14.8. The van der Waals surface area contributed by atoms with E-state index in [1.54, 1.807) is 11.8 Å². The zero-order valence-electron chi connectivity index (χ0n) is 12.4. The summed E-state index contributed by atoms with van der Waals surface area (Å²) in [6, 6.07) is 2.19. The van der Waals surface area contributed by atoms with Gasteiger partial charge in [0.1, 0.15) is 0 Å². The van der Waals surface area contributed by atoms with Gasteiger partial charge in [0.25, 0.3) is 0 Å². The van der Waals surface area contributed by atoms with Crippen LogP contribution in [-0.4, -0.2) is 39.9 Å². The van der Waals surface area contributed by atoms with Gasteiger partial charge in [0.15, 0.2) is 5.79 Å². The lowest BCUT2D eigenvalue weighted by Crippen LogP contribution is -2.34. The highest BCUT2D eigenvalue weighted by atomic mass is 79.9. The highest BCUT2D eigenvalue weighted by Gasteiger charge is 2.41. The van der Waals surface area contributed by atoms with E-state index in [-0.39, 0.29) is 5.79 Å². The van der Waals surface area contributed by atoms with Gasteiger partial charge in [0.2, 0.25) is 5.16 Å². The van der Waals surface area contributed by atoms with E-state index in [2.05, 4.69) is 32.1 Å². The van der Waals surface area contributed by atoms with Crippen LogP contribution in [-0.2, 0) is 9.47 Å². The van der Waals surface area contributed by atoms with Gasteiger partial charge in [-0.2, -0.15) is 0 Å². The summed E-state index contributed by atoms with van der Waals surface area (Å²) in [5.74, 6) is 0.182. The number of nitrogens with zero attached hydrogens (tertiary/aromatic N) is 3. The molecule has 1 saturated carbocycles. The molecule has 2 aromatic rings. The Morgan fingerprint density at radius 1 is 1.32 bits per heavy atom. The van der Waals surface area contributed by atoms with Crippen LogP contribution in [0.4, 0.5) is 0 Å². The Bertz CT molecular complexity index is 689. The first-order valence-electron chi connectivity index (χ1n) is 7.57. The highest BCUT2D eigenvalue weighted by molar-refractivity contribution is 9.10. The molecule has 0 radical (unpaired) electrons. The van der Waals surface area contributed by atoms with Gasteiger partial charge >= 0.3 is 0 Å². The van der Waals surface area contributed by atoms with Crippen molar-refractivity contribution in [3.05, 3.63) is 22.4 Å². The summed E-state index contributed by atoms with van der Waals surface area (Å²) in [6.45, 7) is 1.46. The van der Waals surface area contributed by atoms with Crippen molar-refractivity contribution >= 4 is 33.2 Å². The Kier molecular flexibility index (Phi) is 3.92. The highest BCUT2D eigenvalue weighted by Crippen LogP contribution is 2.43. The smallest absolute Gasteiger partial charge is 0.207 e. The van der Waals surface area contributed by atoms with Gasteiger partial charge < -0.3 is 9.47 Å². The van der Waals surface area contributed by atoms with Gasteiger partial charge in [0, 0.05) is 28.9 Å². The van der Waals surface area contributed by atoms with Crippen molar-refractivity contribution in [3.63, 3.8) is 0 Å². The van der Waals surface area contributed by atoms with Gasteiger partial charge in [-0.3, -0.25) is 0 Å². The predicted molar refractivity (Wildman–Crippen MR) is 88.3 cm³/mol. The standard InChI is InChI=1S/C15H18BrN3O2S/c1-22-14-17-9-13-11(16)8-12(19(13)18-14)10-2-4-15(5-3-10)20-6-7-21-15/h8-10H,2-7H2,1H3. The fraction of sp³-hybridized carbons (Fsp3) is 0.600. The number of thioether (sulfide) groups is 1. The van der Waals surface area contributed by atoms with Crippen LogP contribution in [0, 0.1) is 0 Å². The van der Waals surface area contributed by atoms with Crippen LogP contribution in [0.15, 0.2) is 21.9 Å². The zero-order chi connectivity index (χ0) is 15.2. The van der Waals surface area contributed by atoms with E-state index < -0.39 is 0 Å². The van der Waals surface area contributed by atoms with Crippen molar-refractivity contribution in [3.8, 4) is 0 Å². The molecule has 2 aliphatic rings. The Morgan fingerprint density at radius 2 is 2.05 bits per heavy atom. The Morgan fingerprint density at radius 3 is 2.73 bits per heavy atom. The van der Waals surface area contributed by atoms with Crippen LogP contribution in [0.5, 0.6) is 0 Å². The summed E-state index contributed by atoms with van der Waals surface area (Å²) in [5.41, 5.74) is 2.29. The monoisotopic (exact) mass is 383 g/mol. The van der Waals surface area contributed by atoms with Crippen molar-refractivity contribution in [2.75, 3.05) is 19.5 Å². The molecule has 1 saturated heterocycles. The molecule has 22 heavy (non-hydrogen) atoms. The maximum atomic E-state index is 5.83. The average Bonchev–Trinajstić information content (AvgIpc) is 3.13. The fourth-order valence-electron chi connectivity index (χ4n) is 3.48. The molecule has 1 spiro atoms. The second-order valence-corrected chi connectivity index (χ2v) is 7.47. The van der Waals surface area contributed by atoms with Gasteiger partial charge in [-0.1, -0.05) is 11.8 Å². The maximum absolute atomic E-state index is 5.83. The second-order valence-electron chi connectivity index (χ2n) is 5.84. The molecule has 1 aliphatic carbocycles. The minimum Gasteiger partial charge on any atom is -0.348 e. The van der Waals surface area contributed by atoms with E-state index in [4.69, 9.17) is 9.47 Å². The molecule has 4 rings (SSSR count). The molecule has 0 atom stereocenters. The average molecular weight is 384 g/mol.